The third-order valence-corrected chi connectivity index (χ3v) is 4.00. The van der Waals surface area contributed by atoms with Gasteiger partial charge in [-0.3, -0.25) is 0 Å². The molecule has 0 atom stereocenters. The second-order valence-corrected chi connectivity index (χ2v) is 5.89. The fraction of sp³-hybridized carbons (Fsp3) is 0. The van der Waals surface area contributed by atoms with Crippen molar-refractivity contribution in [2.75, 3.05) is 0 Å². The number of fused-ring (bicyclic) bond motifs is 2. The molecule has 0 saturated heterocycles. The molecule has 2 aromatic carbocycles. The van der Waals surface area contributed by atoms with Crippen molar-refractivity contribution < 1.29 is 5.11 Å². The molecule has 0 saturated carbocycles. The fourth-order valence-electron chi connectivity index (χ4n) is 1.72. The number of nitrogens with zero attached hydrogens (tertiary/aromatic N) is 2. The maximum Gasteiger partial charge on any atom is 0.157 e. The van der Waals surface area contributed by atoms with Crippen LogP contribution in [0.3, 0.4) is 0 Å². The van der Waals surface area contributed by atoms with Crippen LogP contribution in [-0.2, 0) is 0 Å². The second-order valence-electron chi connectivity index (χ2n) is 3.74. The summed E-state index contributed by atoms with van der Waals surface area (Å²) >= 11 is 12.6. The number of aromatic nitrogens is 2. The maximum absolute atomic E-state index is 10.0. The molecule has 6 heteroatoms. The second kappa shape index (κ2) is 4.33. The predicted molar refractivity (Wildman–Crippen MR) is 79.1 cm³/mol. The van der Waals surface area contributed by atoms with E-state index < -0.39 is 0 Å². The lowest BCUT2D eigenvalue weighted by molar-refractivity contribution is 0.477. The van der Waals surface area contributed by atoms with Crippen LogP contribution in [0.4, 0.5) is 0 Å². The molecule has 0 aliphatic carbocycles. The van der Waals surface area contributed by atoms with Gasteiger partial charge in [-0.25, -0.2) is 9.97 Å². The van der Waals surface area contributed by atoms with Crippen molar-refractivity contribution in [1.82, 2.24) is 9.97 Å². The Morgan fingerprint density at radius 1 is 0.944 bits per heavy atom. The summed E-state index contributed by atoms with van der Waals surface area (Å²) in [5, 5.41) is 10.6. The van der Waals surface area contributed by atoms with Gasteiger partial charge in [-0.1, -0.05) is 11.6 Å². The molecule has 90 valence electrons. The van der Waals surface area contributed by atoms with E-state index in [-0.39, 0.29) is 5.75 Å². The van der Waals surface area contributed by atoms with Crippen molar-refractivity contribution in [2.45, 2.75) is 0 Å². The number of aromatic hydroxyl groups is 1. The number of hydrogen-bond acceptors (Lipinski definition) is 3. The highest BCUT2D eigenvalue weighted by molar-refractivity contribution is 9.11. The van der Waals surface area contributed by atoms with E-state index in [1.807, 2.05) is 0 Å². The van der Waals surface area contributed by atoms with Gasteiger partial charge in [-0.15, -0.1) is 0 Å². The van der Waals surface area contributed by atoms with Gasteiger partial charge in [-0.05, 0) is 56.1 Å². The number of phenols is 1. The van der Waals surface area contributed by atoms with Crippen molar-refractivity contribution in [1.29, 1.82) is 0 Å². The zero-order valence-corrected chi connectivity index (χ0v) is 12.7. The molecule has 0 unspecified atom stereocenters. The van der Waals surface area contributed by atoms with Gasteiger partial charge in [0.2, 0.25) is 0 Å². The molecule has 0 aliphatic heterocycles. The lowest BCUT2D eigenvalue weighted by atomic mass is 10.2. The van der Waals surface area contributed by atoms with E-state index in [2.05, 4.69) is 41.8 Å². The molecule has 0 amide bonds. The number of hydrogen-bond donors (Lipinski definition) is 1. The number of phenolic OH excluding ortho intramolecular Hbond substituents is 1. The summed E-state index contributed by atoms with van der Waals surface area (Å²) in [7, 11) is 0. The van der Waals surface area contributed by atoms with Gasteiger partial charge in [-0.2, -0.15) is 0 Å². The Morgan fingerprint density at radius 2 is 1.67 bits per heavy atom. The molecule has 0 spiro atoms. The molecule has 3 rings (SSSR count). The van der Waals surface area contributed by atoms with Gasteiger partial charge >= 0.3 is 0 Å². The molecule has 0 bridgehead atoms. The Hall–Kier alpha value is -0.910. The Balaban J connectivity index is 2.52. The van der Waals surface area contributed by atoms with Crippen LogP contribution >= 0.6 is 43.5 Å². The predicted octanol–water partition coefficient (Wildman–Crippen LogP) is 4.67. The number of benzene rings is 2. The van der Waals surface area contributed by atoms with Crippen molar-refractivity contribution >= 4 is 65.5 Å². The summed E-state index contributed by atoms with van der Waals surface area (Å²) in [6, 6.07) is 7.00. The Bertz CT molecular complexity index is 792. The summed E-state index contributed by atoms with van der Waals surface area (Å²) in [6.45, 7) is 0. The van der Waals surface area contributed by atoms with E-state index >= 15 is 0 Å². The topological polar surface area (TPSA) is 46.0 Å². The van der Waals surface area contributed by atoms with E-state index in [1.54, 1.807) is 24.3 Å². The molecule has 1 heterocycles. The van der Waals surface area contributed by atoms with E-state index in [0.717, 1.165) is 4.47 Å². The third-order valence-electron chi connectivity index (χ3n) is 2.56. The quantitative estimate of drug-likeness (QED) is 0.570. The third kappa shape index (κ3) is 1.86. The number of halogens is 3. The molecule has 3 nitrogen and oxygen atoms in total. The van der Waals surface area contributed by atoms with E-state index in [1.165, 1.54) is 0 Å². The zero-order valence-electron chi connectivity index (χ0n) is 8.78. The smallest absolute Gasteiger partial charge is 0.157 e. The average molecular weight is 388 g/mol. The molecule has 1 aromatic heterocycles. The summed E-state index contributed by atoms with van der Waals surface area (Å²) in [6.07, 6.45) is 0. The standard InChI is InChI=1S/C12H5Br2ClN2O/c13-6-4-7(14)12(18)11-10(6)17-9-3-5(15)1-2-8(9)16-11/h1-4,18H. The molecular formula is C12H5Br2ClN2O. The van der Waals surface area contributed by atoms with Crippen LogP contribution in [0.5, 0.6) is 5.75 Å². The minimum absolute atomic E-state index is 0.0811. The first-order chi connectivity index (χ1) is 8.56. The lowest BCUT2D eigenvalue weighted by Gasteiger charge is -2.06. The van der Waals surface area contributed by atoms with Gasteiger partial charge in [0.25, 0.3) is 0 Å². The molecule has 18 heavy (non-hydrogen) atoms. The van der Waals surface area contributed by atoms with E-state index in [9.17, 15) is 5.11 Å². The van der Waals surface area contributed by atoms with Crippen molar-refractivity contribution in [3.05, 3.63) is 38.2 Å². The SMILES string of the molecule is Oc1c(Br)cc(Br)c2nc3cc(Cl)ccc3nc12. The van der Waals surface area contributed by atoms with Gasteiger partial charge in [0.05, 0.1) is 15.5 Å². The maximum atomic E-state index is 10.0. The molecule has 0 fully saturated rings. The summed E-state index contributed by atoms with van der Waals surface area (Å²) in [5.41, 5.74) is 2.43. The zero-order chi connectivity index (χ0) is 12.9. The van der Waals surface area contributed by atoms with Crippen LogP contribution in [0.1, 0.15) is 0 Å². The van der Waals surface area contributed by atoms with Crippen LogP contribution in [0.15, 0.2) is 33.2 Å². The molecular weight excluding hydrogens is 383 g/mol. The van der Waals surface area contributed by atoms with Crippen molar-refractivity contribution in [2.24, 2.45) is 0 Å². The molecule has 0 aliphatic rings. The molecule has 3 aromatic rings. The van der Waals surface area contributed by atoms with Crippen LogP contribution in [0.25, 0.3) is 22.1 Å². The monoisotopic (exact) mass is 386 g/mol. The first-order valence-electron chi connectivity index (χ1n) is 5.00. The molecule has 0 radical (unpaired) electrons. The minimum Gasteiger partial charge on any atom is -0.504 e. The average Bonchev–Trinajstić information content (AvgIpc) is 2.34. The molecule has 1 N–H and O–H groups in total. The normalized spacial score (nSPS) is 11.3. The largest absolute Gasteiger partial charge is 0.504 e. The van der Waals surface area contributed by atoms with Crippen LogP contribution in [0, 0.1) is 0 Å². The van der Waals surface area contributed by atoms with Crippen LogP contribution in [0.2, 0.25) is 5.02 Å². The van der Waals surface area contributed by atoms with E-state index in [4.69, 9.17) is 11.6 Å². The lowest BCUT2D eigenvalue weighted by Crippen LogP contribution is -1.89. The highest BCUT2D eigenvalue weighted by atomic mass is 79.9. The highest BCUT2D eigenvalue weighted by Crippen LogP contribution is 2.36. The van der Waals surface area contributed by atoms with Gasteiger partial charge in [0, 0.05) is 9.50 Å². The van der Waals surface area contributed by atoms with Crippen molar-refractivity contribution in [3.63, 3.8) is 0 Å². The Labute approximate surface area is 124 Å². The van der Waals surface area contributed by atoms with Crippen molar-refractivity contribution in [3.8, 4) is 5.75 Å². The Kier molecular flexibility index (Phi) is 2.92. The van der Waals surface area contributed by atoms with Crippen LogP contribution < -0.4 is 0 Å². The fourth-order valence-corrected chi connectivity index (χ4v) is 3.12. The summed E-state index contributed by atoms with van der Waals surface area (Å²) < 4.78 is 1.33. The van der Waals surface area contributed by atoms with Gasteiger partial charge in [0.15, 0.2) is 5.75 Å². The minimum atomic E-state index is 0.0811. The van der Waals surface area contributed by atoms with E-state index in [0.29, 0.717) is 31.6 Å². The van der Waals surface area contributed by atoms with Crippen LogP contribution in [-0.4, -0.2) is 15.1 Å². The summed E-state index contributed by atoms with van der Waals surface area (Å²) in [5.74, 6) is 0.0811. The van der Waals surface area contributed by atoms with Gasteiger partial charge < -0.3 is 5.11 Å². The first kappa shape index (κ1) is 12.1. The Morgan fingerprint density at radius 3 is 2.44 bits per heavy atom. The number of rotatable bonds is 0. The highest BCUT2D eigenvalue weighted by Gasteiger charge is 2.12. The first-order valence-corrected chi connectivity index (χ1v) is 6.96. The summed E-state index contributed by atoms with van der Waals surface area (Å²) in [4.78, 5) is 8.87. The van der Waals surface area contributed by atoms with Gasteiger partial charge in [0.1, 0.15) is 11.0 Å².